The summed E-state index contributed by atoms with van der Waals surface area (Å²) in [6.45, 7) is 1.84. The van der Waals surface area contributed by atoms with E-state index < -0.39 is 0 Å². The topological polar surface area (TPSA) is 94.0 Å². The minimum Gasteiger partial charge on any atom is -0.423 e. The van der Waals surface area contributed by atoms with E-state index in [9.17, 15) is 4.79 Å². The Morgan fingerprint density at radius 2 is 2.35 bits per heavy atom. The summed E-state index contributed by atoms with van der Waals surface area (Å²) in [7, 11) is 0. The molecule has 1 aromatic carbocycles. The summed E-state index contributed by atoms with van der Waals surface area (Å²) in [6.07, 6.45) is 1.26. The first-order valence-electron chi connectivity index (χ1n) is 5.08. The predicted octanol–water partition coefficient (Wildman–Crippen LogP) is 0.942. The minimum absolute atomic E-state index is 0.0514. The second-order valence-corrected chi connectivity index (χ2v) is 3.53. The van der Waals surface area contributed by atoms with Crippen LogP contribution in [0.4, 0.5) is 5.69 Å². The standard InChI is InChI=1S/C11H12N4O2/c1-7-2-3-8(11-15-13-6-17-11)4-9(7)14-10(16)5-12/h2-4,6H,5,12H2,1H3,(H,14,16). The van der Waals surface area contributed by atoms with Crippen molar-refractivity contribution >= 4 is 11.6 Å². The number of benzene rings is 1. The van der Waals surface area contributed by atoms with Gasteiger partial charge in [-0.1, -0.05) is 6.07 Å². The molecule has 0 unspecified atom stereocenters. The highest BCUT2D eigenvalue weighted by Gasteiger charge is 2.08. The fraction of sp³-hybridized carbons (Fsp3) is 0.182. The Balaban J connectivity index is 2.33. The molecule has 1 amide bonds. The fourth-order valence-corrected chi connectivity index (χ4v) is 1.39. The van der Waals surface area contributed by atoms with Gasteiger partial charge in [-0.15, -0.1) is 10.2 Å². The van der Waals surface area contributed by atoms with Crippen LogP contribution in [0.1, 0.15) is 5.56 Å². The number of nitrogens with zero attached hydrogens (tertiary/aromatic N) is 2. The van der Waals surface area contributed by atoms with Gasteiger partial charge in [0, 0.05) is 11.3 Å². The van der Waals surface area contributed by atoms with Crippen molar-refractivity contribution in [2.75, 3.05) is 11.9 Å². The maximum absolute atomic E-state index is 11.2. The smallest absolute Gasteiger partial charge is 0.247 e. The Labute approximate surface area is 97.8 Å². The first-order valence-corrected chi connectivity index (χ1v) is 5.08. The zero-order valence-corrected chi connectivity index (χ0v) is 9.30. The predicted molar refractivity (Wildman–Crippen MR) is 62.2 cm³/mol. The van der Waals surface area contributed by atoms with E-state index in [4.69, 9.17) is 10.2 Å². The van der Waals surface area contributed by atoms with Gasteiger partial charge >= 0.3 is 0 Å². The molecule has 0 atom stereocenters. The molecule has 0 aliphatic carbocycles. The Morgan fingerprint density at radius 1 is 1.53 bits per heavy atom. The average molecular weight is 232 g/mol. The molecule has 1 heterocycles. The van der Waals surface area contributed by atoms with Gasteiger partial charge in [0.05, 0.1) is 6.54 Å². The minimum atomic E-state index is -0.240. The summed E-state index contributed by atoms with van der Waals surface area (Å²) < 4.78 is 5.09. The molecule has 0 fully saturated rings. The number of hydrogen-bond acceptors (Lipinski definition) is 5. The Kier molecular flexibility index (Phi) is 3.15. The van der Waals surface area contributed by atoms with E-state index in [0.29, 0.717) is 11.6 Å². The van der Waals surface area contributed by atoms with Crippen LogP contribution in [-0.4, -0.2) is 22.6 Å². The van der Waals surface area contributed by atoms with Gasteiger partial charge in [0.25, 0.3) is 0 Å². The number of aryl methyl sites for hydroxylation is 1. The molecule has 3 N–H and O–H groups in total. The molecule has 6 heteroatoms. The first kappa shape index (κ1) is 11.3. The van der Waals surface area contributed by atoms with Crippen molar-refractivity contribution in [2.45, 2.75) is 6.92 Å². The molecule has 0 bridgehead atoms. The Bertz CT molecular complexity index is 522. The molecule has 2 aromatic rings. The van der Waals surface area contributed by atoms with Crippen LogP contribution in [0, 0.1) is 6.92 Å². The summed E-state index contributed by atoms with van der Waals surface area (Å²) in [5.74, 6) is 0.170. The summed E-state index contributed by atoms with van der Waals surface area (Å²) in [6, 6.07) is 5.49. The summed E-state index contributed by atoms with van der Waals surface area (Å²) >= 11 is 0. The lowest BCUT2D eigenvalue weighted by atomic mass is 10.1. The lowest BCUT2D eigenvalue weighted by molar-refractivity contribution is -0.114. The average Bonchev–Trinajstić information content (AvgIpc) is 2.85. The van der Waals surface area contributed by atoms with E-state index in [0.717, 1.165) is 11.1 Å². The lowest BCUT2D eigenvalue weighted by Gasteiger charge is -2.08. The molecule has 2 rings (SSSR count). The van der Waals surface area contributed by atoms with Crippen LogP contribution in [0.15, 0.2) is 29.0 Å². The third-order valence-electron chi connectivity index (χ3n) is 2.30. The molecule has 0 spiro atoms. The molecule has 0 aliphatic heterocycles. The van der Waals surface area contributed by atoms with Crippen molar-refractivity contribution in [2.24, 2.45) is 5.73 Å². The molecule has 88 valence electrons. The van der Waals surface area contributed by atoms with Crippen molar-refractivity contribution in [3.8, 4) is 11.5 Å². The number of carbonyl (C=O) groups is 1. The van der Waals surface area contributed by atoms with E-state index in [2.05, 4.69) is 15.5 Å². The number of hydrogen-bond donors (Lipinski definition) is 2. The van der Waals surface area contributed by atoms with Gasteiger partial charge in [0.15, 0.2) is 0 Å². The highest BCUT2D eigenvalue weighted by atomic mass is 16.4. The monoisotopic (exact) mass is 232 g/mol. The zero-order chi connectivity index (χ0) is 12.3. The first-order chi connectivity index (χ1) is 8.20. The van der Waals surface area contributed by atoms with Gasteiger partial charge in [-0.3, -0.25) is 4.79 Å². The van der Waals surface area contributed by atoms with E-state index in [1.807, 2.05) is 19.1 Å². The van der Waals surface area contributed by atoms with Gasteiger partial charge in [-0.05, 0) is 24.6 Å². The van der Waals surface area contributed by atoms with Crippen molar-refractivity contribution in [1.29, 1.82) is 0 Å². The summed E-state index contributed by atoms with van der Waals surface area (Å²) in [5, 5.41) is 10.1. The van der Waals surface area contributed by atoms with Crippen LogP contribution in [0.3, 0.4) is 0 Å². The van der Waals surface area contributed by atoms with Gasteiger partial charge in [0.1, 0.15) is 0 Å². The number of amides is 1. The SMILES string of the molecule is Cc1ccc(-c2nnco2)cc1NC(=O)CN. The number of rotatable bonds is 3. The highest BCUT2D eigenvalue weighted by molar-refractivity contribution is 5.93. The third-order valence-corrected chi connectivity index (χ3v) is 2.30. The molecule has 0 aliphatic rings. The maximum Gasteiger partial charge on any atom is 0.247 e. The quantitative estimate of drug-likeness (QED) is 0.821. The number of carbonyl (C=O) groups excluding carboxylic acids is 1. The molecular formula is C11H12N4O2. The van der Waals surface area contributed by atoms with Crippen LogP contribution in [0.25, 0.3) is 11.5 Å². The molecule has 6 nitrogen and oxygen atoms in total. The molecule has 0 radical (unpaired) electrons. The lowest BCUT2D eigenvalue weighted by Crippen LogP contribution is -2.22. The third kappa shape index (κ3) is 2.48. The number of anilines is 1. The van der Waals surface area contributed by atoms with Crippen molar-refractivity contribution in [3.63, 3.8) is 0 Å². The van der Waals surface area contributed by atoms with Gasteiger partial charge in [-0.25, -0.2) is 0 Å². The van der Waals surface area contributed by atoms with Crippen LogP contribution >= 0.6 is 0 Å². The summed E-state index contributed by atoms with van der Waals surface area (Å²) in [5.41, 5.74) is 7.63. The molecule has 1 aromatic heterocycles. The van der Waals surface area contributed by atoms with Crippen LogP contribution < -0.4 is 11.1 Å². The van der Waals surface area contributed by atoms with Gasteiger partial charge in [0.2, 0.25) is 18.2 Å². The molecule has 17 heavy (non-hydrogen) atoms. The van der Waals surface area contributed by atoms with E-state index in [1.165, 1.54) is 6.39 Å². The van der Waals surface area contributed by atoms with Crippen molar-refractivity contribution in [3.05, 3.63) is 30.2 Å². The largest absolute Gasteiger partial charge is 0.423 e. The van der Waals surface area contributed by atoms with Gasteiger partial charge < -0.3 is 15.5 Å². The second kappa shape index (κ2) is 4.75. The zero-order valence-electron chi connectivity index (χ0n) is 9.30. The highest BCUT2D eigenvalue weighted by Crippen LogP contribution is 2.23. The molecule has 0 saturated heterocycles. The van der Waals surface area contributed by atoms with Gasteiger partial charge in [-0.2, -0.15) is 0 Å². The molecular weight excluding hydrogens is 220 g/mol. The number of nitrogens with two attached hydrogens (primary N) is 1. The number of nitrogens with one attached hydrogen (secondary N) is 1. The number of aromatic nitrogens is 2. The van der Waals surface area contributed by atoms with Crippen LogP contribution in [-0.2, 0) is 4.79 Å². The Morgan fingerprint density at radius 3 is 3.00 bits per heavy atom. The van der Waals surface area contributed by atoms with E-state index in [-0.39, 0.29) is 12.5 Å². The van der Waals surface area contributed by atoms with Crippen LogP contribution in [0.5, 0.6) is 0 Å². The fourth-order valence-electron chi connectivity index (χ4n) is 1.39. The Hall–Kier alpha value is -2.21. The molecule has 0 saturated carbocycles. The summed E-state index contributed by atoms with van der Waals surface area (Å²) in [4.78, 5) is 11.2. The van der Waals surface area contributed by atoms with E-state index in [1.54, 1.807) is 6.07 Å². The van der Waals surface area contributed by atoms with Crippen molar-refractivity contribution < 1.29 is 9.21 Å². The van der Waals surface area contributed by atoms with E-state index >= 15 is 0 Å². The van der Waals surface area contributed by atoms with Crippen LogP contribution in [0.2, 0.25) is 0 Å². The van der Waals surface area contributed by atoms with Crippen molar-refractivity contribution in [1.82, 2.24) is 10.2 Å². The normalized spacial score (nSPS) is 10.2. The maximum atomic E-state index is 11.2. The second-order valence-electron chi connectivity index (χ2n) is 3.53.